The molecule has 0 spiro atoms. The lowest BCUT2D eigenvalue weighted by Gasteiger charge is -2.29. The first-order chi connectivity index (χ1) is 7.22. The first-order valence-corrected chi connectivity index (χ1v) is 6.49. The lowest BCUT2D eigenvalue weighted by molar-refractivity contribution is -0.0517. The van der Waals surface area contributed by atoms with Gasteiger partial charge in [0.25, 0.3) is 0 Å². The van der Waals surface area contributed by atoms with E-state index in [2.05, 4.69) is 20.8 Å². The summed E-state index contributed by atoms with van der Waals surface area (Å²) < 4.78 is 11.6. The zero-order valence-corrected chi connectivity index (χ0v) is 10.5. The van der Waals surface area contributed by atoms with E-state index >= 15 is 0 Å². The van der Waals surface area contributed by atoms with Gasteiger partial charge in [-0.05, 0) is 46.0 Å². The number of unbranched alkanes of at least 4 members (excludes halogenated alkanes) is 1. The van der Waals surface area contributed by atoms with Crippen LogP contribution in [0.5, 0.6) is 0 Å². The highest BCUT2D eigenvalue weighted by atomic mass is 16.5. The maximum atomic E-state index is 5.82. The molecule has 1 saturated carbocycles. The molecule has 0 aromatic carbocycles. The Hall–Kier alpha value is -0.0800. The van der Waals surface area contributed by atoms with Crippen LogP contribution in [-0.4, -0.2) is 24.9 Å². The van der Waals surface area contributed by atoms with Crippen molar-refractivity contribution >= 4 is 0 Å². The summed E-state index contributed by atoms with van der Waals surface area (Å²) in [6.45, 7) is 7.38. The van der Waals surface area contributed by atoms with E-state index in [9.17, 15) is 0 Å². The van der Waals surface area contributed by atoms with E-state index in [-0.39, 0.29) is 0 Å². The Balaban J connectivity index is 2.07. The van der Waals surface area contributed by atoms with Gasteiger partial charge in [-0.25, -0.2) is 0 Å². The second kappa shape index (κ2) is 7.24. The first kappa shape index (κ1) is 13.0. The molecule has 0 aromatic heterocycles. The van der Waals surface area contributed by atoms with Crippen LogP contribution in [0.2, 0.25) is 0 Å². The average Bonchev–Trinajstić information content (AvgIpc) is 2.20. The average molecular weight is 214 g/mol. The summed E-state index contributed by atoms with van der Waals surface area (Å²) in [4.78, 5) is 0. The van der Waals surface area contributed by atoms with Crippen molar-refractivity contribution in [2.45, 2.75) is 77.6 Å². The highest BCUT2D eigenvalue weighted by Gasteiger charge is 2.22. The van der Waals surface area contributed by atoms with Gasteiger partial charge in [0.2, 0.25) is 0 Å². The van der Waals surface area contributed by atoms with Crippen molar-refractivity contribution in [2.24, 2.45) is 0 Å². The van der Waals surface area contributed by atoms with Crippen molar-refractivity contribution in [2.75, 3.05) is 6.61 Å². The van der Waals surface area contributed by atoms with Gasteiger partial charge in [-0.15, -0.1) is 0 Å². The Labute approximate surface area is 94.3 Å². The largest absolute Gasteiger partial charge is 0.378 e. The van der Waals surface area contributed by atoms with Crippen LogP contribution in [0.3, 0.4) is 0 Å². The second-order valence-electron chi connectivity index (χ2n) is 4.81. The molecule has 0 heterocycles. The van der Waals surface area contributed by atoms with Gasteiger partial charge in [-0.1, -0.05) is 13.3 Å². The molecule has 0 atom stereocenters. The molecule has 1 rings (SSSR count). The van der Waals surface area contributed by atoms with Gasteiger partial charge < -0.3 is 9.47 Å². The first-order valence-electron chi connectivity index (χ1n) is 6.49. The normalized spacial score (nSPS) is 27.2. The van der Waals surface area contributed by atoms with Crippen LogP contribution in [0.15, 0.2) is 0 Å². The molecule has 0 radical (unpaired) electrons. The summed E-state index contributed by atoms with van der Waals surface area (Å²) in [6.07, 6.45) is 8.49. The Bertz CT molecular complexity index is 149. The maximum absolute atomic E-state index is 5.82. The fourth-order valence-electron chi connectivity index (χ4n) is 2.11. The molecule has 0 N–H and O–H groups in total. The van der Waals surface area contributed by atoms with E-state index in [1.165, 1.54) is 38.5 Å². The number of hydrogen-bond donors (Lipinski definition) is 0. The van der Waals surface area contributed by atoms with Gasteiger partial charge in [-0.3, -0.25) is 0 Å². The molecule has 0 saturated heterocycles. The highest BCUT2D eigenvalue weighted by Crippen LogP contribution is 2.24. The summed E-state index contributed by atoms with van der Waals surface area (Å²) in [5.41, 5.74) is 0. The van der Waals surface area contributed by atoms with Crippen molar-refractivity contribution in [3.8, 4) is 0 Å². The third-order valence-corrected chi connectivity index (χ3v) is 2.94. The molecule has 90 valence electrons. The van der Waals surface area contributed by atoms with Crippen molar-refractivity contribution in [3.05, 3.63) is 0 Å². The van der Waals surface area contributed by atoms with Crippen LogP contribution in [0.4, 0.5) is 0 Å². The molecule has 1 aliphatic carbocycles. The predicted octanol–water partition coefficient (Wildman–Crippen LogP) is 3.54. The van der Waals surface area contributed by atoms with E-state index in [1.807, 2.05) is 0 Å². The third-order valence-electron chi connectivity index (χ3n) is 2.94. The van der Waals surface area contributed by atoms with Gasteiger partial charge in [0.1, 0.15) is 0 Å². The van der Waals surface area contributed by atoms with Gasteiger partial charge >= 0.3 is 0 Å². The van der Waals surface area contributed by atoms with E-state index < -0.39 is 0 Å². The van der Waals surface area contributed by atoms with Crippen LogP contribution in [0.25, 0.3) is 0 Å². The van der Waals surface area contributed by atoms with Crippen molar-refractivity contribution in [1.82, 2.24) is 0 Å². The SMILES string of the molecule is CCCCO[C@H]1CC[C@H](OC(C)C)CC1. The number of hydrogen-bond acceptors (Lipinski definition) is 2. The fraction of sp³-hybridized carbons (Fsp3) is 1.00. The van der Waals surface area contributed by atoms with E-state index in [0.29, 0.717) is 18.3 Å². The second-order valence-corrected chi connectivity index (χ2v) is 4.81. The molecular weight excluding hydrogens is 188 g/mol. The van der Waals surface area contributed by atoms with Crippen LogP contribution in [-0.2, 0) is 9.47 Å². The molecule has 0 aliphatic heterocycles. The standard InChI is InChI=1S/C13H26O2/c1-4-5-10-14-12-6-8-13(9-7-12)15-11(2)3/h11-13H,4-10H2,1-3H3/t12-,13-. The zero-order chi connectivity index (χ0) is 11.1. The maximum Gasteiger partial charge on any atom is 0.0580 e. The lowest BCUT2D eigenvalue weighted by Crippen LogP contribution is -2.28. The van der Waals surface area contributed by atoms with E-state index in [1.54, 1.807) is 0 Å². The van der Waals surface area contributed by atoms with Crippen LogP contribution in [0, 0.1) is 0 Å². The fourth-order valence-corrected chi connectivity index (χ4v) is 2.11. The monoisotopic (exact) mass is 214 g/mol. The molecular formula is C13H26O2. The number of rotatable bonds is 6. The van der Waals surface area contributed by atoms with Gasteiger partial charge in [0, 0.05) is 6.61 Å². The molecule has 2 heteroatoms. The topological polar surface area (TPSA) is 18.5 Å². The quantitative estimate of drug-likeness (QED) is 0.630. The third kappa shape index (κ3) is 5.53. The Morgan fingerprint density at radius 1 is 1.07 bits per heavy atom. The van der Waals surface area contributed by atoms with Crippen LogP contribution >= 0.6 is 0 Å². The zero-order valence-electron chi connectivity index (χ0n) is 10.5. The summed E-state index contributed by atoms with van der Waals surface area (Å²) in [6, 6.07) is 0. The predicted molar refractivity (Wildman–Crippen MR) is 63.1 cm³/mol. The summed E-state index contributed by atoms with van der Waals surface area (Å²) in [5, 5.41) is 0. The van der Waals surface area contributed by atoms with E-state index in [4.69, 9.17) is 9.47 Å². The van der Waals surface area contributed by atoms with Crippen LogP contribution < -0.4 is 0 Å². The molecule has 2 nitrogen and oxygen atoms in total. The number of ether oxygens (including phenoxy) is 2. The summed E-state index contributed by atoms with van der Waals surface area (Å²) in [5.74, 6) is 0. The summed E-state index contributed by atoms with van der Waals surface area (Å²) >= 11 is 0. The molecule has 0 bridgehead atoms. The van der Waals surface area contributed by atoms with Crippen molar-refractivity contribution < 1.29 is 9.47 Å². The molecule has 0 aromatic rings. The van der Waals surface area contributed by atoms with Crippen molar-refractivity contribution in [3.63, 3.8) is 0 Å². The molecule has 0 unspecified atom stereocenters. The van der Waals surface area contributed by atoms with Crippen molar-refractivity contribution in [1.29, 1.82) is 0 Å². The van der Waals surface area contributed by atoms with Gasteiger partial charge in [0.05, 0.1) is 18.3 Å². The minimum atomic E-state index is 0.368. The molecule has 15 heavy (non-hydrogen) atoms. The lowest BCUT2D eigenvalue weighted by atomic mass is 9.95. The Morgan fingerprint density at radius 3 is 2.20 bits per heavy atom. The molecule has 1 aliphatic rings. The minimum absolute atomic E-state index is 0.368. The van der Waals surface area contributed by atoms with Gasteiger partial charge in [0.15, 0.2) is 0 Å². The Kier molecular flexibility index (Phi) is 6.26. The molecule has 1 fully saturated rings. The smallest absolute Gasteiger partial charge is 0.0580 e. The van der Waals surface area contributed by atoms with Gasteiger partial charge in [-0.2, -0.15) is 0 Å². The van der Waals surface area contributed by atoms with E-state index in [0.717, 1.165) is 6.61 Å². The van der Waals surface area contributed by atoms with Crippen LogP contribution in [0.1, 0.15) is 59.3 Å². The Morgan fingerprint density at radius 2 is 1.67 bits per heavy atom. The highest BCUT2D eigenvalue weighted by molar-refractivity contribution is 4.73. The summed E-state index contributed by atoms with van der Waals surface area (Å²) in [7, 11) is 0. The minimum Gasteiger partial charge on any atom is -0.378 e. The molecule has 0 amide bonds.